The number of hydrogen-bond donors (Lipinski definition) is 2. The van der Waals surface area contributed by atoms with Gasteiger partial charge in [0.05, 0.1) is 11.5 Å². The minimum absolute atomic E-state index is 0.0439. The lowest BCUT2D eigenvalue weighted by atomic mass is 10.3. The summed E-state index contributed by atoms with van der Waals surface area (Å²) >= 11 is 1.29. The molecule has 1 aromatic rings. The highest BCUT2D eigenvalue weighted by Crippen LogP contribution is 2.14. The molecule has 0 bridgehead atoms. The van der Waals surface area contributed by atoms with E-state index in [0.29, 0.717) is 48.4 Å². The molecule has 24 heavy (non-hydrogen) atoms. The molecule has 0 aliphatic carbocycles. The van der Waals surface area contributed by atoms with Gasteiger partial charge in [-0.1, -0.05) is 11.8 Å². The summed E-state index contributed by atoms with van der Waals surface area (Å²) in [6.07, 6.45) is 1.37. The maximum Gasteiger partial charge on any atom is 0.264 e. The highest BCUT2D eigenvalue weighted by atomic mass is 32.2. The number of aromatic nitrogens is 3. The molecule has 12 heteroatoms. The van der Waals surface area contributed by atoms with Crippen LogP contribution in [0.5, 0.6) is 0 Å². The lowest BCUT2D eigenvalue weighted by molar-refractivity contribution is 0.482. The Kier molecular flexibility index (Phi) is 8.50. The van der Waals surface area contributed by atoms with Gasteiger partial charge in [-0.15, -0.1) is 0 Å². The van der Waals surface area contributed by atoms with Gasteiger partial charge in [-0.2, -0.15) is 8.42 Å². The molecular formula is C12H22N4O5S3. The van der Waals surface area contributed by atoms with Gasteiger partial charge in [0.1, 0.15) is 11.6 Å². The van der Waals surface area contributed by atoms with Crippen molar-refractivity contribution in [3.8, 4) is 0 Å². The summed E-state index contributed by atoms with van der Waals surface area (Å²) in [6.45, 7) is 3.62. The second kappa shape index (κ2) is 9.61. The number of hydrogen-bond acceptors (Lipinski definition) is 8. The fraction of sp³-hybridized carbons (Fsp3) is 0.750. The highest BCUT2D eigenvalue weighted by Gasteiger charge is 2.09. The normalized spacial score (nSPS) is 12.5. The Morgan fingerprint density at radius 2 is 1.83 bits per heavy atom. The van der Waals surface area contributed by atoms with Crippen molar-refractivity contribution in [2.24, 2.45) is 0 Å². The lowest BCUT2D eigenvalue weighted by Gasteiger charge is -2.06. The van der Waals surface area contributed by atoms with Gasteiger partial charge in [0, 0.05) is 18.7 Å². The number of nitrogens with zero attached hydrogens (tertiary/aromatic N) is 3. The standard InChI is InChI=1S/C12H22N4O5S3/c1-3-23(17,18)13-7-4-6-11-14-10(2)15-12(16-11)22-8-5-9-24(19,20)21/h13H,3-9H2,1-2H3,(H,19,20,21). The molecule has 1 heterocycles. The molecule has 0 spiro atoms. The Morgan fingerprint density at radius 1 is 1.12 bits per heavy atom. The van der Waals surface area contributed by atoms with Gasteiger partial charge in [0.15, 0.2) is 5.16 Å². The molecular weight excluding hydrogens is 376 g/mol. The summed E-state index contributed by atoms with van der Waals surface area (Å²) in [5.41, 5.74) is 0. The molecule has 1 aromatic heterocycles. The summed E-state index contributed by atoms with van der Waals surface area (Å²) < 4.78 is 55.1. The Bertz CT molecular complexity index is 737. The van der Waals surface area contributed by atoms with Crippen LogP contribution in [0.1, 0.15) is 31.4 Å². The van der Waals surface area contributed by atoms with Crippen molar-refractivity contribution in [3.05, 3.63) is 11.6 Å². The Balaban J connectivity index is 2.48. The molecule has 9 nitrogen and oxygen atoms in total. The number of thioether (sulfide) groups is 1. The zero-order valence-corrected chi connectivity index (χ0v) is 16.0. The zero-order valence-electron chi connectivity index (χ0n) is 13.6. The SMILES string of the molecule is CCS(=O)(=O)NCCCc1nc(C)nc(SCCCS(=O)(=O)O)n1. The largest absolute Gasteiger partial charge is 0.286 e. The van der Waals surface area contributed by atoms with Crippen LogP contribution in [0, 0.1) is 6.92 Å². The predicted octanol–water partition coefficient (Wildman–Crippen LogP) is 0.422. The third-order valence-electron chi connectivity index (χ3n) is 2.83. The fourth-order valence-electron chi connectivity index (χ4n) is 1.67. The van der Waals surface area contributed by atoms with E-state index >= 15 is 0 Å². The molecule has 0 aliphatic heterocycles. The van der Waals surface area contributed by atoms with Crippen LogP contribution in [0.2, 0.25) is 0 Å². The van der Waals surface area contributed by atoms with Crippen molar-refractivity contribution in [1.29, 1.82) is 0 Å². The van der Waals surface area contributed by atoms with Crippen LogP contribution >= 0.6 is 11.8 Å². The predicted molar refractivity (Wildman–Crippen MR) is 92.1 cm³/mol. The van der Waals surface area contributed by atoms with Crippen molar-refractivity contribution in [3.63, 3.8) is 0 Å². The number of aryl methyl sites for hydroxylation is 2. The van der Waals surface area contributed by atoms with Crippen LogP contribution in [0.3, 0.4) is 0 Å². The summed E-state index contributed by atoms with van der Waals surface area (Å²) in [5, 5.41) is 0.488. The molecule has 138 valence electrons. The Morgan fingerprint density at radius 3 is 2.46 bits per heavy atom. The maximum absolute atomic E-state index is 11.3. The van der Waals surface area contributed by atoms with Gasteiger partial charge >= 0.3 is 0 Å². The zero-order chi connectivity index (χ0) is 18.2. The number of rotatable bonds is 11. The van der Waals surface area contributed by atoms with E-state index in [4.69, 9.17) is 4.55 Å². The minimum Gasteiger partial charge on any atom is -0.286 e. The van der Waals surface area contributed by atoms with E-state index in [1.807, 2.05) is 0 Å². The van der Waals surface area contributed by atoms with Gasteiger partial charge in [0.25, 0.3) is 10.1 Å². The van der Waals surface area contributed by atoms with E-state index in [0.717, 1.165) is 0 Å². The monoisotopic (exact) mass is 398 g/mol. The summed E-state index contributed by atoms with van der Waals surface area (Å²) in [6, 6.07) is 0. The number of nitrogens with one attached hydrogen (secondary N) is 1. The molecule has 0 saturated carbocycles. The van der Waals surface area contributed by atoms with Crippen LogP contribution in [-0.4, -0.2) is 60.1 Å². The molecule has 0 atom stereocenters. The van der Waals surface area contributed by atoms with Gasteiger partial charge in [0.2, 0.25) is 10.0 Å². The van der Waals surface area contributed by atoms with E-state index < -0.39 is 20.1 Å². The molecule has 0 saturated heterocycles. The first-order valence-corrected chi connectivity index (χ1v) is 11.6. The Hall–Kier alpha value is -0.820. The van der Waals surface area contributed by atoms with E-state index in [9.17, 15) is 16.8 Å². The van der Waals surface area contributed by atoms with Crippen molar-refractivity contribution < 1.29 is 21.4 Å². The van der Waals surface area contributed by atoms with Crippen molar-refractivity contribution in [2.45, 2.75) is 38.3 Å². The van der Waals surface area contributed by atoms with E-state index in [2.05, 4.69) is 19.7 Å². The molecule has 0 aliphatic rings. The Labute approximate surface area is 146 Å². The minimum atomic E-state index is -3.95. The molecule has 0 unspecified atom stereocenters. The topological polar surface area (TPSA) is 139 Å². The van der Waals surface area contributed by atoms with Crippen LogP contribution in [0.15, 0.2) is 5.16 Å². The molecule has 0 radical (unpaired) electrons. The second-order valence-electron chi connectivity index (χ2n) is 4.97. The summed E-state index contributed by atoms with van der Waals surface area (Å²) in [5.74, 6) is 1.32. The number of sulfonamides is 1. The average molecular weight is 399 g/mol. The third kappa shape index (κ3) is 9.47. The van der Waals surface area contributed by atoms with Crippen LogP contribution in [0.25, 0.3) is 0 Å². The molecule has 0 amide bonds. The van der Waals surface area contributed by atoms with E-state index in [1.54, 1.807) is 13.8 Å². The summed E-state index contributed by atoms with van der Waals surface area (Å²) in [7, 11) is -7.14. The smallest absolute Gasteiger partial charge is 0.264 e. The third-order valence-corrected chi connectivity index (χ3v) is 5.97. The first-order valence-electron chi connectivity index (χ1n) is 7.38. The maximum atomic E-state index is 11.3. The van der Waals surface area contributed by atoms with Gasteiger partial charge < -0.3 is 0 Å². The molecule has 1 rings (SSSR count). The fourth-order valence-corrected chi connectivity index (χ4v) is 3.86. The van der Waals surface area contributed by atoms with Crippen LogP contribution in [-0.2, 0) is 26.6 Å². The van der Waals surface area contributed by atoms with E-state index in [-0.39, 0.29) is 11.5 Å². The van der Waals surface area contributed by atoms with Crippen molar-refractivity contribution in [2.75, 3.05) is 23.8 Å². The van der Waals surface area contributed by atoms with Crippen molar-refractivity contribution >= 4 is 31.9 Å². The average Bonchev–Trinajstić information content (AvgIpc) is 2.47. The van der Waals surface area contributed by atoms with Gasteiger partial charge in [-0.25, -0.2) is 28.1 Å². The molecule has 0 fully saturated rings. The lowest BCUT2D eigenvalue weighted by Crippen LogP contribution is -2.26. The van der Waals surface area contributed by atoms with Crippen LogP contribution in [0.4, 0.5) is 0 Å². The van der Waals surface area contributed by atoms with Gasteiger partial charge in [-0.3, -0.25) is 4.55 Å². The molecule has 2 N–H and O–H groups in total. The molecule has 0 aromatic carbocycles. The first-order chi connectivity index (χ1) is 11.1. The van der Waals surface area contributed by atoms with Crippen LogP contribution < -0.4 is 4.72 Å². The van der Waals surface area contributed by atoms with Crippen molar-refractivity contribution in [1.82, 2.24) is 19.7 Å². The van der Waals surface area contributed by atoms with E-state index in [1.165, 1.54) is 11.8 Å². The highest BCUT2D eigenvalue weighted by molar-refractivity contribution is 7.99. The second-order valence-corrected chi connectivity index (χ2v) is 9.70. The first kappa shape index (κ1) is 21.2. The summed E-state index contributed by atoms with van der Waals surface area (Å²) in [4.78, 5) is 12.6. The quantitative estimate of drug-likeness (QED) is 0.308. The van der Waals surface area contributed by atoms with Gasteiger partial charge in [-0.05, 0) is 26.7 Å².